The molecule has 0 unspecified atom stereocenters. The molecular formula is C55H55F6N11O11S2. The SMILES string of the molecule is CCNC(=O)Nc1cc(-c2nc(C(F)(F)F)cs2)c(-c2ccc3c(c2)c(=O)c(C(=O)NC)cn3C(COC)COC)cn1.CCNC(=O)Nc1cc(-c2nc(C(F)(F)F)cs2)c(-c2ccc3c(c2)c(=O)c(C(=O)O)cn3C(COC)COC)cn1. The van der Waals surface area contributed by atoms with Gasteiger partial charge in [0.05, 0.1) is 49.5 Å². The van der Waals surface area contributed by atoms with Gasteiger partial charge in [0.15, 0.2) is 11.4 Å². The summed E-state index contributed by atoms with van der Waals surface area (Å²) < 4.78 is 105. The Morgan fingerprint density at radius 3 is 1.33 bits per heavy atom. The number of hydrogen-bond acceptors (Lipinski definition) is 16. The van der Waals surface area contributed by atoms with E-state index >= 15 is 0 Å². The molecule has 22 nitrogen and oxygen atoms in total. The highest BCUT2D eigenvalue weighted by Gasteiger charge is 2.36. The number of aromatic carboxylic acids is 1. The minimum absolute atomic E-state index is 0.00396. The predicted molar refractivity (Wildman–Crippen MR) is 306 cm³/mol. The van der Waals surface area contributed by atoms with Crippen molar-refractivity contribution in [3.8, 4) is 43.4 Å². The lowest BCUT2D eigenvalue weighted by Gasteiger charge is -2.23. The maximum absolute atomic E-state index is 13.6. The van der Waals surface area contributed by atoms with Crippen LogP contribution >= 0.6 is 22.7 Å². The Morgan fingerprint density at radius 2 is 0.988 bits per heavy atom. The molecule has 0 aliphatic heterocycles. The molecule has 0 spiro atoms. The molecule has 0 fully saturated rings. The van der Waals surface area contributed by atoms with E-state index in [1.165, 1.54) is 78.5 Å². The third-order valence-electron chi connectivity index (χ3n) is 12.6. The second-order valence-corrected chi connectivity index (χ2v) is 20.0. The van der Waals surface area contributed by atoms with Crippen molar-refractivity contribution in [2.45, 2.75) is 38.3 Å². The molecule has 0 aliphatic carbocycles. The van der Waals surface area contributed by atoms with Crippen LogP contribution in [0.15, 0.2) is 93.7 Å². The summed E-state index contributed by atoms with van der Waals surface area (Å²) >= 11 is 1.52. The number of methoxy groups -OCH3 is 4. The molecular weight excluding hydrogens is 1170 g/mol. The topological polar surface area (TPSA) is 281 Å². The largest absolute Gasteiger partial charge is 0.477 e. The fourth-order valence-electron chi connectivity index (χ4n) is 8.84. The highest BCUT2D eigenvalue weighted by atomic mass is 32.1. The molecule has 5 amide bonds. The number of carbonyl (C=O) groups is 4. The highest BCUT2D eigenvalue weighted by Crippen LogP contribution is 2.41. The first-order valence-electron chi connectivity index (χ1n) is 25.5. The summed E-state index contributed by atoms with van der Waals surface area (Å²) in [5.74, 6) is -1.88. The molecule has 30 heteroatoms. The average Bonchev–Trinajstić information content (AvgIpc) is 2.04. The van der Waals surface area contributed by atoms with Crippen molar-refractivity contribution < 1.29 is 69.6 Å². The van der Waals surface area contributed by atoms with Gasteiger partial charge in [-0.05, 0) is 61.4 Å². The number of urea groups is 2. The Bertz CT molecular complexity index is 3880. The molecule has 0 aliphatic rings. The summed E-state index contributed by atoms with van der Waals surface area (Å²) in [6.45, 7) is 4.89. The van der Waals surface area contributed by atoms with Crippen LogP contribution in [-0.4, -0.2) is 133 Å². The lowest BCUT2D eigenvalue weighted by Crippen LogP contribution is -2.29. The number of nitrogens with one attached hydrogen (secondary N) is 5. The normalized spacial score (nSPS) is 11.7. The van der Waals surface area contributed by atoms with Gasteiger partial charge < -0.3 is 49.1 Å². The minimum Gasteiger partial charge on any atom is -0.477 e. The van der Waals surface area contributed by atoms with Crippen molar-refractivity contribution in [3.63, 3.8) is 0 Å². The molecule has 6 heterocycles. The van der Waals surface area contributed by atoms with Crippen LogP contribution in [0.5, 0.6) is 0 Å². The Morgan fingerprint density at radius 1 is 0.600 bits per heavy atom. The van der Waals surface area contributed by atoms with Gasteiger partial charge in [0.1, 0.15) is 32.8 Å². The quantitative estimate of drug-likeness (QED) is 0.0388. The predicted octanol–water partition coefficient (Wildman–Crippen LogP) is 9.42. The summed E-state index contributed by atoms with van der Waals surface area (Å²) in [5, 5.41) is 24.4. The van der Waals surface area contributed by atoms with E-state index in [1.807, 2.05) is 0 Å². The first-order chi connectivity index (χ1) is 40.5. The third kappa shape index (κ3) is 14.8. The van der Waals surface area contributed by atoms with Crippen LogP contribution in [0.2, 0.25) is 0 Å². The summed E-state index contributed by atoms with van der Waals surface area (Å²) in [4.78, 5) is 91.8. The van der Waals surface area contributed by atoms with Gasteiger partial charge in [-0.3, -0.25) is 25.0 Å². The van der Waals surface area contributed by atoms with Crippen LogP contribution in [0.3, 0.4) is 0 Å². The number of hydrogen-bond donors (Lipinski definition) is 6. The van der Waals surface area contributed by atoms with E-state index in [0.29, 0.717) is 46.4 Å². The molecule has 0 atom stereocenters. The Hall–Kier alpha value is -8.68. The standard InChI is InChI=1S/C28H29F3N6O5S.C27H26F3N5O6S/c1-5-33-27(40)36-23-9-17(26-35-22(14-43-26)28(29,30)31)19(10-34-23)15-6-7-21-18(8-15)24(38)20(25(39)32-2)11-37(21)16(12-41-3)13-42-4;1-4-31-26(39)34-22-8-16(24-33-21(13-42-24)27(28,29)30)18(9-32-22)14-5-6-20-17(7-14)23(36)19(25(37)38)10-35(20)15(11-40-2)12-41-3/h6-11,14,16H,5,12-13H2,1-4H3,(H,32,39)(H2,33,34,36,40);5-10,13,15H,4,11-12H2,1-3H3,(H,37,38)(H2,31,32,34,39). The number of alkyl halides is 6. The fourth-order valence-corrected chi connectivity index (χ4v) is 10.6. The Kier molecular flexibility index (Phi) is 20.9. The second kappa shape index (κ2) is 27.8. The molecule has 0 saturated carbocycles. The van der Waals surface area contributed by atoms with Crippen LogP contribution in [0.4, 0.5) is 47.6 Å². The number of aromatic nitrogens is 6. The maximum Gasteiger partial charge on any atom is 0.434 e. The van der Waals surface area contributed by atoms with Crippen molar-refractivity contribution in [3.05, 3.63) is 127 Å². The average molecular weight is 1220 g/mol. The number of nitrogens with zero attached hydrogens (tertiary/aromatic N) is 6. The number of ether oxygens (including phenoxy) is 4. The van der Waals surface area contributed by atoms with Crippen LogP contribution in [0.25, 0.3) is 65.2 Å². The van der Waals surface area contributed by atoms with Crippen LogP contribution in [-0.2, 0) is 31.3 Å². The molecule has 0 saturated heterocycles. The van der Waals surface area contributed by atoms with Crippen LogP contribution in [0.1, 0.15) is 58.0 Å². The van der Waals surface area contributed by atoms with Crippen molar-refractivity contribution in [1.82, 2.24) is 45.0 Å². The van der Waals surface area contributed by atoms with Gasteiger partial charge in [0, 0.05) is 117 Å². The van der Waals surface area contributed by atoms with Gasteiger partial charge in [-0.1, -0.05) is 12.1 Å². The lowest BCUT2D eigenvalue weighted by atomic mass is 9.99. The van der Waals surface area contributed by atoms with Crippen molar-refractivity contribution in [1.29, 1.82) is 0 Å². The second-order valence-electron chi connectivity index (χ2n) is 18.3. The molecule has 2 aromatic carbocycles. The number of amides is 5. The summed E-state index contributed by atoms with van der Waals surface area (Å²) in [6, 6.07) is 10.4. The number of benzene rings is 2. The first-order valence-corrected chi connectivity index (χ1v) is 27.2. The monoisotopic (exact) mass is 1220 g/mol. The molecule has 6 N–H and O–H groups in total. The Balaban J connectivity index is 0.000000244. The maximum atomic E-state index is 13.6. The molecule has 0 bridgehead atoms. The van der Waals surface area contributed by atoms with Crippen LogP contribution < -0.4 is 37.4 Å². The minimum atomic E-state index is -4.67. The first kappa shape index (κ1) is 63.9. The van der Waals surface area contributed by atoms with E-state index in [4.69, 9.17) is 18.9 Å². The third-order valence-corrected chi connectivity index (χ3v) is 14.4. The van der Waals surface area contributed by atoms with E-state index in [9.17, 15) is 60.2 Å². The van der Waals surface area contributed by atoms with E-state index in [0.717, 1.165) is 33.4 Å². The number of carbonyl (C=O) groups excluding carboxylic acids is 3. The van der Waals surface area contributed by atoms with E-state index < -0.39 is 70.1 Å². The van der Waals surface area contributed by atoms with Crippen molar-refractivity contribution in [2.75, 3.05) is 85.6 Å². The van der Waals surface area contributed by atoms with E-state index in [1.54, 1.807) is 53.3 Å². The Labute approximate surface area is 487 Å². The van der Waals surface area contributed by atoms with Gasteiger partial charge in [0.2, 0.25) is 10.9 Å². The number of anilines is 2. The van der Waals surface area contributed by atoms with Gasteiger partial charge >= 0.3 is 30.4 Å². The highest BCUT2D eigenvalue weighted by molar-refractivity contribution is 7.13. The number of rotatable bonds is 20. The van der Waals surface area contributed by atoms with Crippen LogP contribution in [0, 0.1) is 0 Å². The molecule has 85 heavy (non-hydrogen) atoms. The zero-order valence-electron chi connectivity index (χ0n) is 46.3. The zero-order valence-corrected chi connectivity index (χ0v) is 47.9. The van der Waals surface area contributed by atoms with Gasteiger partial charge in [-0.15, -0.1) is 22.7 Å². The summed E-state index contributed by atoms with van der Waals surface area (Å²) in [6.07, 6.45) is -3.92. The molecule has 0 radical (unpaired) electrons. The summed E-state index contributed by atoms with van der Waals surface area (Å²) in [5.41, 5.74) is -1.24. The van der Waals surface area contributed by atoms with E-state index in [-0.39, 0.29) is 81.6 Å². The number of carboxylic acids is 1. The number of pyridine rings is 4. The lowest BCUT2D eigenvalue weighted by molar-refractivity contribution is -0.141. The van der Waals surface area contributed by atoms with Gasteiger partial charge in [-0.25, -0.2) is 34.3 Å². The molecule has 450 valence electrons. The molecule has 6 aromatic heterocycles. The van der Waals surface area contributed by atoms with E-state index in [2.05, 4.69) is 46.5 Å². The van der Waals surface area contributed by atoms with Crippen molar-refractivity contribution in [2.24, 2.45) is 0 Å². The van der Waals surface area contributed by atoms with Crippen molar-refractivity contribution >= 4 is 80.1 Å². The number of halogens is 6. The fraction of sp³-hybridized carbons (Fsp3) is 0.309. The summed E-state index contributed by atoms with van der Waals surface area (Å²) in [7, 11) is 7.41. The smallest absolute Gasteiger partial charge is 0.434 e. The van der Waals surface area contributed by atoms with Gasteiger partial charge in [-0.2, -0.15) is 26.3 Å². The molecule has 8 aromatic rings. The van der Waals surface area contributed by atoms with Gasteiger partial charge in [0.25, 0.3) is 5.91 Å². The zero-order chi connectivity index (χ0) is 61.9. The number of carboxylic acid groups (broad SMARTS) is 1. The number of thiazole rings is 2. The molecule has 8 rings (SSSR count). The number of fused-ring (bicyclic) bond motifs is 2.